The smallest absolute Gasteiger partial charge is 0.243 e. The highest BCUT2D eigenvalue weighted by atomic mass is 32.2. The van der Waals surface area contributed by atoms with Gasteiger partial charge in [0.15, 0.2) is 0 Å². The third-order valence-corrected chi connectivity index (χ3v) is 6.73. The summed E-state index contributed by atoms with van der Waals surface area (Å²) in [4.78, 5) is 16.0. The number of sulfonamides is 1. The molecule has 1 aromatic carbocycles. The van der Waals surface area contributed by atoms with Crippen molar-refractivity contribution in [3.05, 3.63) is 23.8 Å². The highest BCUT2D eigenvalue weighted by molar-refractivity contribution is 7.89. The van der Waals surface area contributed by atoms with Gasteiger partial charge in [-0.05, 0) is 43.1 Å². The molecule has 7 heteroatoms. The Morgan fingerprint density at radius 1 is 1.12 bits per heavy atom. The normalized spacial score (nSPS) is 19.5. The van der Waals surface area contributed by atoms with Crippen molar-refractivity contribution in [2.24, 2.45) is 0 Å². The van der Waals surface area contributed by atoms with Crippen LogP contribution in [0.5, 0.6) is 0 Å². The zero-order valence-corrected chi connectivity index (χ0v) is 15.2. The lowest BCUT2D eigenvalue weighted by molar-refractivity contribution is -0.116. The van der Waals surface area contributed by atoms with E-state index in [0.717, 1.165) is 37.3 Å². The summed E-state index contributed by atoms with van der Waals surface area (Å²) in [6, 6.07) is 5.14. The van der Waals surface area contributed by atoms with Gasteiger partial charge in [-0.1, -0.05) is 6.92 Å². The number of anilines is 1. The van der Waals surface area contributed by atoms with Crippen molar-refractivity contribution in [1.82, 2.24) is 9.21 Å². The zero-order valence-electron chi connectivity index (χ0n) is 14.4. The Balaban J connectivity index is 1.78. The molecule has 0 bridgehead atoms. The molecule has 0 aliphatic carbocycles. The van der Waals surface area contributed by atoms with Gasteiger partial charge in [-0.2, -0.15) is 4.31 Å². The molecule has 2 aliphatic rings. The van der Waals surface area contributed by atoms with Gasteiger partial charge < -0.3 is 9.80 Å². The molecule has 0 spiro atoms. The van der Waals surface area contributed by atoms with Crippen molar-refractivity contribution in [2.75, 3.05) is 44.2 Å². The zero-order chi connectivity index (χ0) is 17.3. The maximum atomic E-state index is 12.9. The summed E-state index contributed by atoms with van der Waals surface area (Å²) in [5.74, 6) is -0.00333. The minimum atomic E-state index is -3.46. The highest BCUT2D eigenvalue weighted by Gasteiger charge is 2.30. The molecule has 0 radical (unpaired) electrons. The molecule has 1 saturated heterocycles. The first-order valence-electron chi connectivity index (χ1n) is 8.57. The fourth-order valence-corrected chi connectivity index (χ4v) is 5.00. The van der Waals surface area contributed by atoms with Gasteiger partial charge in [-0.15, -0.1) is 0 Å². The number of nitrogens with zero attached hydrogens (tertiary/aromatic N) is 3. The summed E-state index contributed by atoms with van der Waals surface area (Å²) in [5, 5.41) is 0. The molecule has 0 N–H and O–H groups in total. The Morgan fingerprint density at radius 3 is 2.46 bits per heavy atom. The van der Waals surface area contributed by atoms with Crippen LogP contribution in [0.25, 0.3) is 0 Å². The molecule has 1 aromatic rings. The third kappa shape index (κ3) is 3.20. The van der Waals surface area contributed by atoms with Crippen molar-refractivity contribution in [3.63, 3.8) is 0 Å². The quantitative estimate of drug-likeness (QED) is 0.821. The lowest BCUT2D eigenvalue weighted by Gasteiger charge is -2.33. The van der Waals surface area contributed by atoms with E-state index in [-0.39, 0.29) is 5.91 Å². The van der Waals surface area contributed by atoms with Crippen molar-refractivity contribution in [2.45, 2.75) is 31.6 Å². The van der Waals surface area contributed by atoms with Crippen LogP contribution < -0.4 is 4.90 Å². The van der Waals surface area contributed by atoms with Crippen molar-refractivity contribution in [3.8, 4) is 0 Å². The molecule has 24 heavy (non-hydrogen) atoms. The summed E-state index contributed by atoms with van der Waals surface area (Å²) in [5.41, 5.74) is 1.78. The van der Waals surface area contributed by atoms with Gasteiger partial charge in [0.1, 0.15) is 0 Å². The molecule has 3 rings (SSSR count). The number of hydrogen-bond acceptors (Lipinski definition) is 4. The van der Waals surface area contributed by atoms with E-state index in [1.54, 1.807) is 27.4 Å². The first-order valence-corrected chi connectivity index (χ1v) is 10.0. The summed E-state index contributed by atoms with van der Waals surface area (Å²) in [7, 11) is -3.46. The molecule has 1 amide bonds. The molecule has 132 valence electrons. The maximum absolute atomic E-state index is 12.9. The standard InChI is InChI=1S/C17H25N3O3S/c1-3-7-18-9-11-19(12-10-18)24(22,23)16-4-5-17-15(13-16)6-8-20(17)14(2)21/h4-5,13H,3,6-12H2,1-2H3. The van der Waals surface area contributed by atoms with E-state index in [0.29, 0.717) is 31.0 Å². The van der Waals surface area contributed by atoms with Crippen LogP contribution in [0, 0.1) is 0 Å². The second-order valence-electron chi connectivity index (χ2n) is 6.46. The van der Waals surface area contributed by atoms with Crippen LogP contribution in [0.1, 0.15) is 25.8 Å². The number of piperazine rings is 1. The predicted octanol–water partition coefficient (Wildman–Crippen LogP) is 1.31. The van der Waals surface area contributed by atoms with Crippen LogP contribution in [-0.2, 0) is 21.2 Å². The Bertz CT molecular complexity index is 725. The van der Waals surface area contributed by atoms with Gasteiger partial charge in [0.2, 0.25) is 15.9 Å². The van der Waals surface area contributed by atoms with Crippen LogP contribution >= 0.6 is 0 Å². The van der Waals surface area contributed by atoms with Crippen molar-refractivity contribution in [1.29, 1.82) is 0 Å². The maximum Gasteiger partial charge on any atom is 0.243 e. The number of benzene rings is 1. The summed E-state index contributed by atoms with van der Waals surface area (Å²) in [6.07, 6.45) is 1.80. The summed E-state index contributed by atoms with van der Waals surface area (Å²) in [6.45, 7) is 7.98. The first-order chi connectivity index (χ1) is 11.4. The summed E-state index contributed by atoms with van der Waals surface area (Å²) >= 11 is 0. The molecule has 1 fully saturated rings. The number of carbonyl (C=O) groups excluding carboxylic acids is 1. The van der Waals surface area contributed by atoms with Crippen LogP contribution in [0.15, 0.2) is 23.1 Å². The first kappa shape index (κ1) is 17.4. The van der Waals surface area contributed by atoms with Crippen molar-refractivity contribution >= 4 is 21.6 Å². The van der Waals surface area contributed by atoms with E-state index in [2.05, 4.69) is 11.8 Å². The van der Waals surface area contributed by atoms with Crippen LogP contribution in [-0.4, -0.2) is 62.8 Å². The molecule has 0 unspecified atom stereocenters. The van der Waals surface area contributed by atoms with Gasteiger partial charge in [-0.3, -0.25) is 4.79 Å². The topological polar surface area (TPSA) is 60.9 Å². The lowest BCUT2D eigenvalue weighted by atomic mass is 10.2. The number of fused-ring (bicyclic) bond motifs is 1. The largest absolute Gasteiger partial charge is 0.312 e. The molecule has 6 nitrogen and oxygen atoms in total. The Kier molecular flexibility index (Phi) is 4.94. The molecule has 0 aromatic heterocycles. The fraction of sp³-hybridized carbons (Fsp3) is 0.588. The van der Waals surface area contributed by atoms with Crippen molar-refractivity contribution < 1.29 is 13.2 Å². The second-order valence-corrected chi connectivity index (χ2v) is 8.39. The number of carbonyl (C=O) groups is 1. The van der Waals surface area contributed by atoms with Crippen LogP contribution in [0.2, 0.25) is 0 Å². The van der Waals surface area contributed by atoms with Gasteiger partial charge >= 0.3 is 0 Å². The van der Waals surface area contributed by atoms with Gasteiger partial charge in [0.25, 0.3) is 0 Å². The number of rotatable bonds is 4. The molecular weight excluding hydrogens is 326 g/mol. The SMILES string of the molecule is CCCN1CCN(S(=O)(=O)c2ccc3c(c2)CCN3C(C)=O)CC1. The van der Waals surface area contributed by atoms with E-state index < -0.39 is 10.0 Å². The molecular formula is C17H25N3O3S. The van der Waals surface area contributed by atoms with E-state index in [4.69, 9.17) is 0 Å². The third-order valence-electron chi connectivity index (χ3n) is 4.84. The highest BCUT2D eigenvalue weighted by Crippen LogP contribution is 2.31. The Hall–Kier alpha value is -1.44. The van der Waals surface area contributed by atoms with E-state index in [9.17, 15) is 13.2 Å². The number of amides is 1. The Morgan fingerprint density at radius 2 is 1.83 bits per heavy atom. The lowest BCUT2D eigenvalue weighted by Crippen LogP contribution is -2.48. The molecule has 0 saturated carbocycles. The van der Waals surface area contributed by atoms with Gasteiger partial charge in [0.05, 0.1) is 4.90 Å². The van der Waals surface area contributed by atoms with E-state index >= 15 is 0 Å². The van der Waals surface area contributed by atoms with Gasteiger partial charge in [-0.25, -0.2) is 8.42 Å². The van der Waals surface area contributed by atoms with Gasteiger partial charge in [0, 0.05) is 45.3 Å². The Labute approximate surface area is 144 Å². The monoisotopic (exact) mass is 351 g/mol. The van der Waals surface area contributed by atoms with E-state index in [1.807, 2.05) is 0 Å². The second kappa shape index (κ2) is 6.82. The molecule has 2 aliphatic heterocycles. The van der Waals surface area contributed by atoms with E-state index in [1.165, 1.54) is 6.92 Å². The minimum Gasteiger partial charge on any atom is -0.312 e. The average molecular weight is 351 g/mol. The number of hydrogen-bond donors (Lipinski definition) is 0. The summed E-state index contributed by atoms with van der Waals surface area (Å²) < 4.78 is 27.4. The molecule has 0 atom stereocenters. The van der Waals surface area contributed by atoms with Crippen LogP contribution in [0.4, 0.5) is 5.69 Å². The predicted molar refractivity (Wildman–Crippen MR) is 93.7 cm³/mol. The average Bonchev–Trinajstić information content (AvgIpc) is 2.99. The molecule has 2 heterocycles. The fourth-order valence-electron chi connectivity index (χ4n) is 3.52. The van der Waals surface area contributed by atoms with Crippen LogP contribution in [0.3, 0.4) is 0 Å². The minimum absolute atomic E-state index is 0.00333.